The molecule has 0 bridgehead atoms. The second-order valence-corrected chi connectivity index (χ2v) is 6.60. The molecule has 0 saturated carbocycles. The van der Waals surface area contributed by atoms with E-state index in [1.807, 2.05) is 19.9 Å². The van der Waals surface area contributed by atoms with Gasteiger partial charge in [-0.15, -0.1) is 0 Å². The lowest BCUT2D eigenvalue weighted by molar-refractivity contribution is 0.0699. The lowest BCUT2D eigenvalue weighted by Gasteiger charge is -2.17. The lowest BCUT2D eigenvalue weighted by atomic mass is 10.2. The Morgan fingerprint density at radius 2 is 2.08 bits per heavy atom. The Hall–Kier alpha value is -2.87. The summed E-state index contributed by atoms with van der Waals surface area (Å²) in [7, 11) is 3.25. The molecule has 3 aromatic heterocycles. The number of hydrogen-bond acceptors (Lipinski definition) is 5. The number of imidazole rings is 1. The molecular formula is C18H22N4O4. The minimum atomic E-state index is -0.646. The van der Waals surface area contributed by atoms with Crippen LogP contribution in [-0.4, -0.2) is 49.6 Å². The van der Waals surface area contributed by atoms with E-state index in [2.05, 4.69) is 4.98 Å². The molecule has 1 atom stereocenters. The molecule has 1 unspecified atom stereocenters. The third-order valence-corrected chi connectivity index (χ3v) is 4.27. The number of hydrogen-bond donors (Lipinski definition) is 1. The summed E-state index contributed by atoms with van der Waals surface area (Å²) in [6.45, 7) is 5.47. The zero-order valence-electron chi connectivity index (χ0n) is 15.5. The Balaban J connectivity index is 2.11. The van der Waals surface area contributed by atoms with Crippen LogP contribution < -0.4 is 5.56 Å². The van der Waals surface area contributed by atoms with Crippen molar-refractivity contribution in [1.82, 2.24) is 18.9 Å². The molecule has 0 aliphatic heterocycles. The molecule has 1 N–H and O–H groups in total. The molecular weight excluding hydrogens is 336 g/mol. The second kappa shape index (κ2) is 6.45. The molecule has 26 heavy (non-hydrogen) atoms. The number of aryl methyl sites for hydroxylation is 2. The largest absolute Gasteiger partial charge is 0.466 e. The van der Waals surface area contributed by atoms with Crippen LogP contribution in [0, 0.1) is 13.8 Å². The molecule has 8 heteroatoms. The van der Waals surface area contributed by atoms with Crippen LogP contribution in [0.4, 0.5) is 0 Å². The molecule has 1 amide bonds. The summed E-state index contributed by atoms with van der Waals surface area (Å²) in [6.07, 6.45) is 2.64. The minimum Gasteiger partial charge on any atom is -0.466 e. The first-order chi connectivity index (χ1) is 12.2. The van der Waals surface area contributed by atoms with E-state index in [1.165, 1.54) is 15.7 Å². The number of rotatable bonds is 4. The Labute approximate surface area is 150 Å². The van der Waals surface area contributed by atoms with Gasteiger partial charge in [-0.2, -0.15) is 0 Å². The zero-order chi connectivity index (χ0) is 19.2. The van der Waals surface area contributed by atoms with Crippen LogP contribution >= 0.6 is 0 Å². The van der Waals surface area contributed by atoms with Crippen LogP contribution in [0.25, 0.3) is 16.9 Å². The van der Waals surface area contributed by atoms with Gasteiger partial charge in [-0.1, -0.05) is 0 Å². The SMILES string of the molecule is Cc1cc(-c2cn3cc(C(=O)N(C)CC(C)O)nc3c(=O)n2C)c(C)o1. The molecule has 0 radical (unpaired) electrons. The van der Waals surface area contributed by atoms with Gasteiger partial charge >= 0.3 is 0 Å². The fraction of sp³-hybridized carbons (Fsp3) is 0.389. The molecule has 0 fully saturated rings. The Kier molecular flexibility index (Phi) is 4.45. The maximum atomic E-state index is 12.7. The lowest BCUT2D eigenvalue weighted by Crippen LogP contribution is -2.33. The van der Waals surface area contributed by atoms with Crippen molar-refractivity contribution in [2.45, 2.75) is 26.9 Å². The average molecular weight is 358 g/mol. The quantitative estimate of drug-likeness (QED) is 0.760. The van der Waals surface area contributed by atoms with Crippen LogP contribution in [0.3, 0.4) is 0 Å². The van der Waals surface area contributed by atoms with Gasteiger partial charge in [0.2, 0.25) is 5.65 Å². The van der Waals surface area contributed by atoms with Gasteiger partial charge in [-0.05, 0) is 26.8 Å². The maximum absolute atomic E-state index is 12.7. The third-order valence-electron chi connectivity index (χ3n) is 4.27. The van der Waals surface area contributed by atoms with Gasteiger partial charge in [0.1, 0.15) is 17.2 Å². The highest BCUT2D eigenvalue weighted by molar-refractivity contribution is 5.92. The predicted molar refractivity (Wildman–Crippen MR) is 96.3 cm³/mol. The van der Waals surface area contributed by atoms with Gasteiger partial charge in [-0.25, -0.2) is 4.98 Å². The Morgan fingerprint density at radius 3 is 2.65 bits per heavy atom. The van der Waals surface area contributed by atoms with E-state index >= 15 is 0 Å². The van der Waals surface area contributed by atoms with Crippen LogP contribution in [0.1, 0.15) is 28.9 Å². The molecule has 0 aromatic carbocycles. The first-order valence-corrected chi connectivity index (χ1v) is 8.28. The summed E-state index contributed by atoms with van der Waals surface area (Å²) in [4.78, 5) is 30.8. The smallest absolute Gasteiger partial charge is 0.294 e. The van der Waals surface area contributed by atoms with Gasteiger partial charge in [0.25, 0.3) is 11.5 Å². The highest BCUT2D eigenvalue weighted by Crippen LogP contribution is 2.25. The summed E-state index contributed by atoms with van der Waals surface area (Å²) in [5.74, 6) is 1.12. The molecule has 8 nitrogen and oxygen atoms in total. The number of aliphatic hydroxyl groups excluding tert-OH is 1. The monoisotopic (exact) mass is 358 g/mol. The molecule has 0 spiro atoms. The highest BCUT2D eigenvalue weighted by atomic mass is 16.3. The first kappa shape index (κ1) is 17.9. The summed E-state index contributed by atoms with van der Waals surface area (Å²) in [5, 5.41) is 9.45. The van der Waals surface area contributed by atoms with Crippen molar-refractivity contribution in [1.29, 1.82) is 0 Å². The van der Waals surface area contributed by atoms with Crippen molar-refractivity contribution in [3.63, 3.8) is 0 Å². The van der Waals surface area contributed by atoms with Crippen molar-refractivity contribution in [3.05, 3.63) is 46.0 Å². The number of fused-ring (bicyclic) bond motifs is 1. The molecule has 0 aliphatic rings. The van der Waals surface area contributed by atoms with E-state index in [4.69, 9.17) is 4.42 Å². The second-order valence-electron chi connectivity index (χ2n) is 6.60. The Morgan fingerprint density at radius 1 is 1.38 bits per heavy atom. The molecule has 3 rings (SSSR count). The normalized spacial score (nSPS) is 12.5. The molecule has 0 saturated heterocycles. The number of nitrogens with zero attached hydrogens (tertiary/aromatic N) is 4. The summed E-state index contributed by atoms with van der Waals surface area (Å²) in [6, 6.07) is 1.87. The van der Waals surface area contributed by atoms with E-state index in [-0.39, 0.29) is 29.4 Å². The van der Waals surface area contributed by atoms with Crippen LogP contribution in [0.5, 0.6) is 0 Å². The molecule has 138 valence electrons. The van der Waals surface area contributed by atoms with Crippen molar-refractivity contribution in [2.24, 2.45) is 7.05 Å². The van der Waals surface area contributed by atoms with Crippen LogP contribution in [0.15, 0.2) is 27.7 Å². The minimum absolute atomic E-state index is 0.155. The number of carbonyl (C=O) groups is 1. The number of carbonyl (C=O) groups excluding carboxylic acids is 1. The number of furan rings is 1. The average Bonchev–Trinajstić information content (AvgIpc) is 3.12. The van der Waals surface area contributed by atoms with Crippen molar-refractivity contribution in [2.75, 3.05) is 13.6 Å². The topological polar surface area (TPSA) is 93.0 Å². The molecule has 0 aliphatic carbocycles. The number of likely N-dealkylation sites (N-methyl/N-ethyl adjacent to an activating group) is 1. The van der Waals surface area contributed by atoms with E-state index in [0.717, 1.165) is 11.3 Å². The Bertz CT molecular complexity index is 1040. The van der Waals surface area contributed by atoms with E-state index in [1.54, 1.807) is 31.6 Å². The molecule has 3 aromatic rings. The zero-order valence-corrected chi connectivity index (χ0v) is 15.5. The van der Waals surface area contributed by atoms with Gasteiger partial charge in [0.05, 0.1) is 11.8 Å². The van der Waals surface area contributed by atoms with Crippen molar-refractivity contribution < 1.29 is 14.3 Å². The maximum Gasteiger partial charge on any atom is 0.294 e. The van der Waals surface area contributed by atoms with Crippen LogP contribution in [-0.2, 0) is 7.05 Å². The summed E-state index contributed by atoms with van der Waals surface area (Å²) < 4.78 is 8.61. The van der Waals surface area contributed by atoms with Crippen molar-refractivity contribution in [3.8, 4) is 11.3 Å². The summed E-state index contributed by atoms with van der Waals surface area (Å²) >= 11 is 0. The van der Waals surface area contributed by atoms with Gasteiger partial charge in [0, 0.05) is 38.6 Å². The number of aliphatic hydroxyl groups is 1. The van der Waals surface area contributed by atoms with E-state index in [0.29, 0.717) is 11.5 Å². The predicted octanol–water partition coefficient (Wildman–Crippen LogP) is 1.36. The van der Waals surface area contributed by atoms with Crippen molar-refractivity contribution >= 4 is 11.6 Å². The van der Waals surface area contributed by atoms with Gasteiger partial charge in [0.15, 0.2) is 0 Å². The summed E-state index contributed by atoms with van der Waals surface area (Å²) in [5.41, 5.74) is 1.51. The first-order valence-electron chi connectivity index (χ1n) is 8.28. The van der Waals surface area contributed by atoms with E-state index < -0.39 is 6.10 Å². The van der Waals surface area contributed by atoms with Gasteiger partial charge in [-0.3, -0.25) is 14.0 Å². The fourth-order valence-corrected chi connectivity index (χ4v) is 3.04. The third kappa shape index (κ3) is 3.03. The molecule has 3 heterocycles. The standard InChI is InChI=1S/C18H22N4O4/c1-10(23)7-20(4)17(24)14-8-22-9-15(13-6-11(2)26-12(13)3)21(5)18(25)16(22)19-14/h6,8-10,23H,7H2,1-5H3. The van der Waals surface area contributed by atoms with E-state index in [9.17, 15) is 14.7 Å². The number of aromatic nitrogens is 3. The van der Waals surface area contributed by atoms with Crippen LogP contribution in [0.2, 0.25) is 0 Å². The number of amides is 1. The van der Waals surface area contributed by atoms with Gasteiger partial charge < -0.3 is 19.0 Å². The highest BCUT2D eigenvalue weighted by Gasteiger charge is 2.20. The fourth-order valence-electron chi connectivity index (χ4n) is 3.04.